The van der Waals surface area contributed by atoms with Crippen LogP contribution in [0.4, 0.5) is 0 Å². The maximum atomic E-state index is 10.8. The number of rotatable bonds is 3. The second-order valence-corrected chi connectivity index (χ2v) is 4.14. The van der Waals surface area contributed by atoms with Crippen LogP contribution in [0.5, 0.6) is 0 Å². The minimum absolute atomic E-state index is 0.140. The molecule has 1 aliphatic carbocycles. The minimum Gasteiger partial charge on any atom is -0.396 e. The van der Waals surface area contributed by atoms with E-state index in [4.69, 9.17) is 10.8 Å². The maximum absolute atomic E-state index is 10.8. The molecule has 5 N–H and O–H groups in total. The lowest BCUT2D eigenvalue weighted by atomic mass is 10.1. The van der Waals surface area contributed by atoms with E-state index in [0.29, 0.717) is 6.42 Å². The van der Waals surface area contributed by atoms with E-state index in [1.807, 2.05) is 0 Å². The molecule has 8 heteroatoms. The van der Waals surface area contributed by atoms with Crippen LogP contribution in [0.3, 0.4) is 0 Å². The number of nitrogens with zero attached hydrogens (tertiary/aromatic N) is 3. The summed E-state index contributed by atoms with van der Waals surface area (Å²) in [6.45, 7) is -0.216. The number of aromatic nitrogens is 3. The molecule has 0 spiro atoms. The molecule has 8 nitrogen and oxygen atoms in total. The lowest BCUT2D eigenvalue weighted by Crippen LogP contribution is -2.30. The van der Waals surface area contributed by atoms with Crippen LogP contribution in [0, 0.1) is 5.92 Å². The first-order chi connectivity index (χ1) is 8.04. The Morgan fingerprint density at radius 1 is 1.53 bits per heavy atom. The third-order valence-corrected chi connectivity index (χ3v) is 3.07. The Kier molecular flexibility index (Phi) is 3.09. The van der Waals surface area contributed by atoms with Crippen molar-refractivity contribution >= 4 is 5.91 Å². The van der Waals surface area contributed by atoms with E-state index >= 15 is 0 Å². The van der Waals surface area contributed by atoms with Gasteiger partial charge in [-0.15, -0.1) is 5.10 Å². The summed E-state index contributed by atoms with van der Waals surface area (Å²) >= 11 is 0. The molecule has 1 heterocycles. The van der Waals surface area contributed by atoms with Crippen LogP contribution in [0.1, 0.15) is 23.1 Å². The van der Waals surface area contributed by atoms with Gasteiger partial charge in [0.1, 0.15) is 12.4 Å². The molecule has 0 saturated heterocycles. The SMILES string of the molecule is NC(=O)c1ncn(C2CC(CO)C(O)C2O)n1. The monoisotopic (exact) mass is 242 g/mol. The normalized spacial score (nSPS) is 32.9. The molecule has 0 bridgehead atoms. The van der Waals surface area contributed by atoms with Gasteiger partial charge in [0.15, 0.2) is 0 Å². The number of primary amides is 1. The lowest BCUT2D eigenvalue weighted by molar-refractivity contribution is -0.00541. The van der Waals surface area contributed by atoms with Crippen LogP contribution in [-0.4, -0.2) is 54.8 Å². The number of amides is 1. The Morgan fingerprint density at radius 2 is 2.24 bits per heavy atom. The molecule has 1 amide bonds. The molecule has 0 radical (unpaired) electrons. The fourth-order valence-electron chi connectivity index (χ4n) is 2.09. The Morgan fingerprint density at radius 3 is 2.71 bits per heavy atom. The first-order valence-electron chi connectivity index (χ1n) is 5.22. The molecule has 1 aromatic heterocycles. The van der Waals surface area contributed by atoms with E-state index in [9.17, 15) is 15.0 Å². The van der Waals surface area contributed by atoms with Crippen molar-refractivity contribution in [2.45, 2.75) is 24.7 Å². The molecular formula is C9H14N4O4. The van der Waals surface area contributed by atoms with Crippen LogP contribution in [0.15, 0.2) is 6.33 Å². The van der Waals surface area contributed by atoms with Crippen molar-refractivity contribution < 1.29 is 20.1 Å². The Labute approximate surface area is 96.7 Å². The molecule has 1 saturated carbocycles. The van der Waals surface area contributed by atoms with Crippen LogP contribution >= 0.6 is 0 Å². The molecule has 1 aliphatic rings. The highest BCUT2D eigenvalue weighted by atomic mass is 16.3. The van der Waals surface area contributed by atoms with Crippen LogP contribution in [-0.2, 0) is 0 Å². The molecule has 2 rings (SSSR count). The van der Waals surface area contributed by atoms with Crippen molar-refractivity contribution in [2.24, 2.45) is 11.7 Å². The largest absolute Gasteiger partial charge is 0.396 e. The predicted molar refractivity (Wildman–Crippen MR) is 54.8 cm³/mol. The number of aliphatic hydroxyl groups excluding tert-OH is 3. The number of carbonyl (C=O) groups excluding carboxylic acids is 1. The number of hydrogen-bond donors (Lipinski definition) is 4. The second-order valence-electron chi connectivity index (χ2n) is 4.14. The van der Waals surface area contributed by atoms with E-state index in [0.717, 1.165) is 0 Å². The summed E-state index contributed by atoms with van der Waals surface area (Å²) in [4.78, 5) is 14.5. The minimum atomic E-state index is -1.05. The van der Waals surface area contributed by atoms with Gasteiger partial charge in [-0.3, -0.25) is 4.79 Å². The van der Waals surface area contributed by atoms with Crippen molar-refractivity contribution in [1.82, 2.24) is 14.8 Å². The molecule has 4 unspecified atom stereocenters. The van der Waals surface area contributed by atoms with Gasteiger partial charge in [0, 0.05) is 12.5 Å². The lowest BCUT2D eigenvalue weighted by Gasteiger charge is -2.16. The zero-order valence-electron chi connectivity index (χ0n) is 8.97. The summed E-state index contributed by atoms with van der Waals surface area (Å²) in [5.74, 6) is -1.30. The Hall–Kier alpha value is -1.51. The average Bonchev–Trinajstić information content (AvgIpc) is 2.87. The number of aliphatic hydroxyl groups is 3. The van der Waals surface area contributed by atoms with Crippen molar-refractivity contribution in [3.8, 4) is 0 Å². The Balaban J connectivity index is 2.19. The van der Waals surface area contributed by atoms with Crippen molar-refractivity contribution in [3.63, 3.8) is 0 Å². The van der Waals surface area contributed by atoms with Crippen molar-refractivity contribution in [1.29, 1.82) is 0 Å². The molecule has 0 aliphatic heterocycles. The first kappa shape index (κ1) is 12.0. The highest BCUT2D eigenvalue weighted by molar-refractivity contribution is 5.88. The summed E-state index contributed by atoms with van der Waals surface area (Å²) in [5, 5.41) is 32.3. The third kappa shape index (κ3) is 2.02. The Bertz CT molecular complexity index is 421. The van der Waals surface area contributed by atoms with Gasteiger partial charge in [-0.1, -0.05) is 0 Å². The fraction of sp³-hybridized carbons (Fsp3) is 0.667. The quantitative estimate of drug-likeness (QED) is 0.469. The van der Waals surface area contributed by atoms with Crippen LogP contribution < -0.4 is 5.73 Å². The van der Waals surface area contributed by atoms with Crippen LogP contribution in [0.2, 0.25) is 0 Å². The van der Waals surface area contributed by atoms with Gasteiger partial charge >= 0.3 is 0 Å². The summed E-state index contributed by atoms with van der Waals surface area (Å²) in [6.07, 6.45) is -0.415. The highest BCUT2D eigenvalue weighted by Crippen LogP contribution is 2.34. The standard InChI is InChI=1S/C9H14N4O4/c10-8(17)9-11-3-13(12-9)5-1-4(2-14)6(15)7(5)16/h3-7,14-16H,1-2H2,(H2,10,17). The highest BCUT2D eigenvalue weighted by Gasteiger charge is 2.42. The van der Waals surface area contributed by atoms with Gasteiger partial charge in [-0.2, -0.15) is 0 Å². The average molecular weight is 242 g/mol. The zero-order chi connectivity index (χ0) is 12.6. The van der Waals surface area contributed by atoms with Crippen LogP contribution in [0.25, 0.3) is 0 Å². The molecule has 94 valence electrons. The number of hydrogen-bond acceptors (Lipinski definition) is 6. The van der Waals surface area contributed by atoms with Gasteiger partial charge in [-0.25, -0.2) is 9.67 Å². The first-order valence-corrected chi connectivity index (χ1v) is 5.22. The molecule has 1 fully saturated rings. The second kappa shape index (κ2) is 4.40. The van der Waals surface area contributed by atoms with Crippen molar-refractivity contribution in [2.75, 3.05) is 6.61 Å². The summed E-state index contributed by atoms with van der Waals surface area (Å²) < 4.78 is 1.30. The number of carbonyl (C=O) groups is 1. The van der Waals surface area contributed by atoms with Gasteiger partial charge < -0.3 is 21.1 Å². The molecule has 1 aromatic rings. The van der Waals surface area contributed by atoms with E-state index in [1.54, 1.807) is 0 Å². The molecule has 0 aromatic carbocycles. The summed E-state index contributed by atoms with van der Waals surface area (Å²) in [7, 11) is 0. The third-order valence-electron chi connectivity index (χ3n) is 3.07. The molecule has 17 heavy (non-hydrogen) atoms. The van der Waals surface area contributed by atoms with E-state index < -0.39 is 30.1 Å². The zero-order valence-corrected chi connectivity index (χ0v) is 8.97. The predicted octanol–water partition coefficient (Wildman–Crippen LogP) is -2.35. The van der Waals surface area contributed by atoms with Gasteiger partial charge in [0.25, 0.3) is 5.91 Å². The van der Waals surface area contributed by atoms with E-state index in [2.05, 4.69) is 10.1 Å². The van der Waals surface area contributed by atoms with Gasteiger partial charge in [-0.05, 0) is 6.42 Å². The van der Waals surface area contributed by atoms with Gasteiger partial charge in [0.2, 0.25) is 5.82 Å². The maximum Gasteiger partial charge on any atom is 0.288 e. The topological polar surface area (TPSA) is 134 Å². The van der Waals surface area contributed by atoms with Gasteiger partial charge in [0.05, 0.1) is 12.1 Å². The summed E-state index contributed by atoms with van der Waals surface area (Å²) in [6, 6.07) is -0.511. The van der Waals surface area contributed by atoms with E-state index in [-0.39, 0.29) is 12.4 Å². The fourth-order valence-corrected chi connectivity index (χ4v) is 2.09. The number of nitrogens with two attached hydrogens (primary N) is 1. The smallest absolute Gasteiger partial charge is 0.288 e. The van der Waals surface area contributed by atoms with Crippen molar-refractivity contribution in [3.05, 3.63) is 12.2 Å². The molecular weight excluding hydrogens is 228 g/mol. The summed E-state index contributed by atoms with van der Waals surface area (Å²) in [5.41, 5.74) is 5.01. The van der Waals surface area contributed by atoms with E-state index in [1.165, 1.54) is 11.0 Å². The molecule has 4 atom stereocenters.